The Bertz CT molecular complexity index is 592. The number of thiazole rings is 1. The summed E-state index contributed by atoms with van der Waals surface area (Å²) < 4.78 is 0. The molecule has 3 fully saturated rings. The van der Waals surface area contributed by atoms with E-state index in [0.29, 0.717) is 17.9 Å². The molecule has 3 heterocycles. The Hall–Kier alpha value is -0.690. The molecule has 4 rings (SSSR count). The first-order valence-electron chi connectivity index (χ1n) is 10.3. The van der Waals surface area contributed by atoms with Gasteiger partial charge in [0.05, 0.1) is 0 Å². The molecule has 2 saturated heterocycles. The summed E-state index contributed by atoms with van der Waals surface area (Å²) in [5.74, 6) is 1.42. The summed E-state index contributed by atoms with van der Waals surface area (Å²) >= 11 is 1.79. The maximum Gasteiger partial charge on any atom is 0.185 e. The molecular weight excluding hydrogens is 344 g/mol. The van der Waals surface area contributed by atoms with Gasteiger partial charge in [-0.15, -0.1) is 11.3 Å². The summed E-state index contributed by atoms with van der Waals surface area (Å²) in [5.41, 5.74) is 0.383. The van der Waals surface area contributed by atoms with Crippen molar-refractivity contribution in [3.63, 3.8) is 0 Å². The Morgan fingerprint density at radius 1 is 1.19 bits per heavy atom. The van der Waals surface area contributed by atoms with Crippen LogP contribution in [0, 0.1) is 17.3 Å². The first-order valence-corrected chi connectivity index (χ1v) is 11.1. The van der Waals surface area contributed by atoms with Crippen molar-refractivity contribution in [2.75, 3.05) is 58.3 Å². The molecule has 1 aliphatic carbocycles. The summed E-state index contributed by atoms with van der Waals surface area (Å²) in [6.07, 6.45) is 8.73. The van der Waals surface area contributed by atoms with E-state index in [4.69, 9.17) is 0 Å². The number of likely N-dealkylation sites (tertiary alicyclic amines) is 2. The smallest absolute Gasteiger partial charge is 0.185 e. The molecule has 146 valence electrons. The van der Waals surface area contributed by atoms with Gasteiger partial charge in [-0.3, -0.25) is 4.90 Å². The third-order valence-electron chi connectivity index (χ3n) is 6.86. The first kappa shape index (κ1) is 18.7. The minimum absolute atomic E-state index is 0.338. The van der Waals surface area contributed by atoms with Crippen molar-refractivity contribution in [1.29, 1.82) is 0 Å². The van der Waals surface area contributed by atoms with Gasteiger partial charge in [0.1, 0.15) is 0 Å². The number of aromatic nitrogens is 1. The van der Waals surface area contributed by atoms with Gasteiger partial charge in [-0.25, -0.2) is 4.98 Å². The van der Waals surface area contributed by atoms with E-state index < -0.39 is 0 Å². The topological polar surface area (TPSA) is 42.8 Å². The molecule has 1 atom stereocenters. The average Bonchev–Trinajstić information content (AvgIpc) is 3.33. The molecule has 26 heavy (non-hydrogen) atoms. The third kappa shape index (κ3) is 4.08. The number of piperidine rings is 2. The van der Waals surface area contributed by atoms with Gasteiger partial charge in [0.25, 0.3) is 0 Å². The molecule has 1 aromatic rings. The molecular formula is C20H34N4OS. The molecule has 1 saturated carbocycles. The number of aliphatic hydroxyl groups excluding tert-OH is 1. The van der Waals surface area contributed by atoms with Crippen LogP contribution in [-0.4, -0.2) is 73.3 Å². The summed E-state index contributed by atoms with van der Waals surface area (Å²) in [5, 5.41) is 11.2. The molecule has 0 radical (unpaired) electrons. The predicted molar refractivity (Wildman–Crippen MR) is 108 cm³/mol. The number of nitrogens with zero attached hydrogens (tertiary/aromatic N) is 4. The van der Waals surface area contributed by atoms with E-state index in [1.54, 1.807) is 11.3 Å². The van der Waals surface area contributed by atoms with E-state index in [0.717, 1.165) is 30.7 Å². The van der Waals surface area contributed by atoms with Crippen LogP contribution in [0.15, 0.2) is 6.20 Å². The van der Waals surface area contributed by atoms with Gasteiger partial charge in [0.15, 0.2) is 5.13 Å². The molecule has 0 aromatic carbocycles. The normalized spacial score (nSPS) is 27.1. The summed E-state index contributed by atoms with van der Waals surface area (Å²) in [7, 11) is 4.09. The lowest BCUT2D eigenvalue weighted by Gasteiger charge is -2.51. The van der Waals surface area contributed by atoms with Gasteiger partial charge in [-0.2, -0.15) is 0 Å². The number of hydrogen-bond acceptors (Lipinski definition) is 6. The van der Waals surface area contributed by atoms with Crippen molar-refractivity contribution in [2.45, 2.75) is 38.6 Å². The second-order valence-corrected chi connectivity index (χ2v) is 10.1. The lowest BCUT2D eigenvalue weighted by molar-refractivity contribution is -0.0440. The van der Waals surface area contributed by atoms with Crippen LogP contribution in [0.25, 0.3) is 0 Å². The van der Waals surface area contributed by atoms with Gasteiger partial charge in [-0.05, 0) is 63.1 Å². The van der Waals surface area contributed by atoms with Crippen LogP contribution in [0.3, 0.4) is 0 Å². The number of rotatable bonds is 6. The largest absolute Gasteiger partial charge is 0.396 e. The van der Waals surface area contributed by atoms with Gasteiger partial charge >= 0.3 is 0 Å². The molecule has 5 nitrogen and oxygen atoms in total. The van der Waals surface area contributed by atoms with Gasteiger partial charge < -0.3 is 14.9 Å². The molecule has 1 aromatic heterocycles. The SMILES string of the molecule is CN(C)c1ncc(CN2CCC3(CCN(CC4CC4)CC3)C(CO)C2)s1. The van der Waals surface area contributed by atoms with Gasteiger partial charge in [-0.1, -0.05) is 0 Å². The standard InChI is InChI=1S/C20H34N4OS/c1-22(2)19-21-11-18(26-19)14-24-10-7-20(17(13-24)15-25)5-8-23(9-6-20)12-16-3-4-16/h11,16-17,25H,3-10,12-15H2,1-2H3. The number of hydrogen-bond donors (Lipinski definition) is 1. The molecule has 6 heteroatoms. The van der Waals surface area contributed by atoms with E-state index in [1.807, 2.05) is 20.3 Å². The van der Waals surface area contributed by atoms with E-state index in [1.165, 1.54) is 56.6 Å². The highest BCUT2D eigenvalue weighted by Crippen LogP contribution is 2.46. The maximum absolute atomic E-state index is 10.1. The second kappa shape index (κ2) is 7.74. The maximum atomic E-state index is 10.1. The van der Waals surface area contributed by atoms with Crippen LogP contribution in [0.5, 0.6) is 0 Å². The van der Waals surface area contributed by atoms with Crippen molar-refractivity contribution in [1.82, 2.24) is 14.8 Å². The third-order valence-corrected chi connectivity index (χ3v) is 8.01. The van der Waals surface area contributed by atoms with Crippen LogP contribution in [-0.2, 0) is 6.54 Å². The Kier molecular flexibility index (Phi) is 5.56. The fourth-order valence-corrected chi connectivity index (χ4v) is 5.75. The molecule has 2 aliphatic heterocycles. The highest BCUT2D eigenvalue weighted by Gasteiger charge is 2.44. The zero-order chi connectivity index (χ0) is 18.1. The zero-order valence-corrected chi connectivity index (χ0v) is 17.2. The van der Waals surface area contributed by atoms with Crippen LogP contribution in [0.1, 0.15) is 37.0 Å². The summed E-state index contributed by atoms with van der Waals surface area (Å²) in [6.45, 7) is 7.33. The fraction of sp³-hybridized carbons (Fsp3) is 0.850. The van der Waals surface area contributed by atoms with Crippen molar-refractivity contribution in [2.24, 2.45) is 17.3 Å². The van der Waals surface area contributed by atoms with E-state index in [-0.39, 0.29) is 0 Å². The number of anilines is 1. The molecule has 0 amide bonds. The quantitative estimate of drug-likeness (QED) is 0.824. The van der Waals surface area contributed by atoms with E-state index in [2.05, 4.69) is 19.7 Å². The monoisotopic (exact) mass is 378 g/mol. The highest BCUT2D eigenvalue weighted by molar-refractivity contribution is 7.15. The Morgan fingerprint density at radius 2 is 1.88 bits per heavy atom. The predicted octanol–water partition coefficient (Wildman–Crippen LogP) is 2.52. The average molecular weight is 379 g/mol. The molecule has 0 bridgehead atoms. The van der Waals surface area contributed by atoms with Gasteiger partial charge in [0.2, 0.25) is 0 Å². The summed E-state index contributed by atoms with van der Waals surface area (Å²) in [6, 6.07) is 0. The first-order chi connectivity index (χ1) is 12.6. The fourth-order valence-electron chi connectivity index (χ4n) is 4.88. The molecule has 3 aliphatic rings. The molecule has 1 spiro atoms. The Balaban J connectivity index is 1.33. The lowest BCUT2D eigenvalue weighted by atomic mass is 9.64. The minimum Gasteiger partial charge on any atom is -0.396 e. The van der Waals surface area contributed by atoms with Crippen molar-refractivity contribution < 1.29 is 5.11 Å². The van der Waals surface area contributed by atoms with Crippen molar-refractivity contribution in [3.05, 3.63) is 11.1 Å². The van der Waals surface area contributed by atoms with Crippen LogP contribution < -0.4 is 4.90 Å². The highest BCUT2D eigenvalue weighted by atomic mass is 32.1. The lowest BCUT2D eigenvalue weighted by Crippen LogP contribution is -2.53. The Morgan fingerprint density at radius 3 is 2.46 bits per heavy atom. The van der Waals surface area contributed by atoms with Crippen LogP contribution in [0.2, 0.25) is 0 Å². The molecule has 1 N–H and O–H groups in total. The van der Waals surface area contributed by atoms with E-state index in [9.17, 15) is 5.11 Å². The van der Waals surface area contributed by atoms with Gasteiger partial charge in [0, 0.05) is 57.3 Å². The summed E-state index contributed by atoms with van der Waals surface area (Å²) in [4.78, 5) is 13.1. The van der Waals surface area contributed by atoms with Crippen molar-refractivity contribution >= 4 is 16.5 Å². The minimum atomic E-state index is 0.338. The number of aliphatic hydroxyl groups is 1. The van der Waals surface area contributed by atoms with E-state index >= 15 is 0 Å². The zero-order valence-electron chi connectivity index (χ0n) is 16.4. The second-order valence-electron chi connectivity index (χ2n) is 8.97. The van der Waals surface area contributed by atoms with Crippen LogP contribution >= 0.6 is 11.3 Å². The van der Waals surface area contributed by atoms with Crippen LogP contribution in [0.4, 0.5) is 5.13 Å². The Labute approximate surface area is 162 Å². The van der Waals surface area contributed by atoms with Crippen molar-refractivity contribution in [3.8, 4) is 0 Å². The molecule has 1 unspecified atom stereocenters.